The molecule has 0 aromatic heterocycles. The molecule has 2 aliphatic heterocycles. The van der Waals surface area contributed by atoms with E-state index in [1.807, 2.05) is 17.0 Å². The van der Waals surface area contributed by atoms with Gasteiger partial charge in [-0.25, -0.2) is 0 Å². The number of benzene rings is 2. The summed E-state index contributed by atoms with van der Waals surface area (Å²) in [6.07, 6.45) is 3.17. The Bertz CT molecular complexity index is 896. The number of ether oxygens (including phenoxy) is 2. The van der Waals surface area contributed by atoms with Gasteiger partial charge in [0.2, 0.25) is 0 Å². The summed E-state index contributed by atoms with van der Waals surface area (Å²) in [6.45, 7) is 3.80. The Hall–Kier alpha value is -3.02. The molecule has 2 heterocycles. The van der Waals surface area contributed by atoms with E-state index in [4.69, 9.17) is 9.47 Å². The lowest BCUT2D eigenvalue weighted by Gasteiger charge is -2.34. The fourth-order valence-electron chi connectivity index (χ4n) is 3.71. The van der Waals surface area contributed by atoms with E-state index >= 15 is 0 Å². The van der Waals surface area contributed by atoms with E-state index in [2.05, 4.69) is 12.2 Å². The van der Waals surface area contributed by atoms with E-state index in [0.717, 1.165) is 25.8 Å². The summed E-state index contributed by atoms with van der Waals surface area (Å²) in [5.41, 5.74) is 1.49. The number of nitrogens with zero attached hydrogens (tertiary/aromatic N) is 1. The van der Waals surface area contributed by atoms with Crippen LogP contribution in [0.25, 0.3) is 0 Å². The molecule has 1 unspecified atom stereocenters. The normalized spacial score (nSPS) is 18.5. The zero-order valence-electron chi connectivity index (χ0n) is 15.9. The van der Waals surface area contributed by atoms with Crippen molar-refractivity contribution in [1.82, 2.24) is 4.90 Å². The van der Waals surface area contributed by atoms with Crippen LogP contribution in [0.4, 0.5) is 5.69 Å². The van der Waals surface area contributed by atoms with Gasteiger partial charge in [-0.05, 0) is 56.5 Å². The van der Waals surface area contributed by atoms with Crippen LogP contribution in [0, 0.1) is 0 Å². The molecule has 1 fully saturated rings. The maximum atomic E-state index is 13.1. The highest BCUT2D eigenvalue weighted by Crippen LogP contribution is 2.31. The fraction of sp³-hybridized carbons (Fsp3) is 0.364. The second-order valence-electron chi connectivity index (χ2n) is 7.20. The van der Waals surface area contributed by atoms with Crippen LogP contribution < -0.4 is 14.8 Å². The van der Waals surface area contributed by atoms with Crippen molar-refractivity contribution in [2.45, 2.75) is 32.2 Å². The first-order chi connectivity index (χ1) is 13.6. The smallest absolute Gasteiger partial charge is 0.256 e. The minimum absolute atomic E-state index is 0.0368. The highest BCUT2D eigenvalue weighted by Gasteiger charge is 2.26. The number of nitrogens with one attached hydrogen (secondary N) is 1. The Kier molecular flexibility index (Phi) is 5.19. The lowest BCUT2D eigenvalue weighted by Crippen LogP contribution is -2.42. The number of hydrogen-bond donors (Lipinski definition) is 1. The van der Waals surface area contributed by atoms with Gasteiger partial charge < -0.3 is 19.7 Å². The maximum Gasteiger partial charge on any atom is 0.256 e. The summed E-state index contributed by atoms with van der Waals surface area (Å²) in [5, 5.41) is 2.89. The Morgan fingerprint density at radius 2 is 1.82 bits per heavy atom. The highest BCUT2D eigenvalue weighted by atomic mass is 16.6. The first kappa shape index (κ1) is 18.3. The van der Waals surface area contributed by atoms with Crippen LogP contribution in [-0.2, 0) is 0 Å². The Labute approximate surface area is 164 Å². The predicted octanol–water partition coefficient (Wildman–Crippen LogP) is 3.72. The minimum atomic E-state index is -0.288. The highest BCUT2D eigenvalue weighted by molar-refractivity contribution is 6.09. The van der Waals surface area contributed by atoms with Crippen molar-refractivity contribution in [1.29, 1.82) is 0 Å². The van der Waals surface area contributed by atoms with Gasteiger partial charge in [-0.1, -0.05) is 12.1 Å². The molecule has 0 radical (unpaired) electrons. The van der Waals surface area contributed by atoms with Crippen LogP contribution in [0.3, 0.4) is 0 Å². The van der Waals surface area contributed by atoms with E-state index in [0.29, 0.717) is 41.5 Å². The zero-order chi connectivity index (χ0) is 19.5. The van der Waals surface area contributed by atoms with Crippen LogP contribution in [0.15, 0.2) is 42.5 Å². The lowest BCUT2D eigenvalue weighted by atomic mass is 10.0. The van der Waals surface area contributed by atoms with E-state index < -0.39 is 0 Å². The number of anilines is 1. The molecule has 28 heavy (non-hydrogen) atoms. The van der Waals surface area contributed by atoms with Crippen molar-refractivity contribution in [2.75, 3.05) is 25.1 Å². The van der Waals surface area contributed by atoms with Crippen molar-refractivity contribution in [3.8, 4) is 11.5 Å². The molecular formula is C22H24N2O4. The van der Waals surface area contributed by atoms with Crippen molar-refractivity contribution < 1.29 is 19.1 Å². The monoisotopic (exact) mass is 380 g/mol. The number of para-hydroxylation sites is 1. The number of carbonyl (C=O) groups is 2. The molecule has 2 aromatic rings. The third kappa shape index (κ3) is 3.67. The standard InChI is InChI=1S/C22H24N2O4/c1-15-6-4-5-11-24(15)22(26)17-7-2-3-8-18(17)23-21(25)16-9-10-19-20(14-16)28-13-12-27-19/h2-3,7-10,14-15H,4-6,11-13H2,1H3,(H,23,25). The van der Waals surface area contributed by atoms with E-state index in [1.54, 1.807) is 30.3 Å². The minimum Gasteiger partial charge on any atom is -0.486 e. The summed E-state index contributed by atoms with van der Waals surface area (Å²) in [7, 11) is 0. The first-order valence-corrected chi connectivity index (χ1v) is 9.74. The SMILES string of the molecule is CC1CCCCN1C(=O)c1ccccc1NC(=O)c1ccc2c(c1)OCCO2. The first-order valence-electron chi connectivity index (χ1n) is 9.74. The van der Waals surface area contributed by atoms with Gasteiger partial charge in [0.25, 0.3) is 11.8 Å². The molecule has 1 saturated heterocycles. The summed E-state index contributed by atoms with van der Waals surface area (Å²) in [4.78, 5) is 27.8. The molecule has 6 nitrogen and oxygen atoms in total. The van der Waals surface area contributed by atoms with Crippen molar-refractivity contribution in [2.24, 2.45) is 0 Å². The summed E-state index contributed by atoms with van der Waals surface area (Å²) in [6, 6.07) is 12.5. The third-order valence-electron chi connectivity index (χ3n) is 5.27. The van der Waals surface area contributed by atoms with Crippen LogP contribution in [0.2, 0.25) is 0 Å². The number of likely N-dealkylation sites (tertiary alicyclic amines) is 1. The maximum absolute atomic E-state index is 13.1. The molecule has 6 heteroatoms. The molecule has 2 aromatic carbocycles. The topological polar surface area (TPSA) is 67.9 Å². The number of amides is 2. The summed E-state index contributed by atoms with van der Waals surface area (Å²) in [5.74, 6) is 0.872. The molecule has 1 N–H and O–H groups in total. The number of fused-ring (bicyclic) bond motifs is 1. The van der Waals surface area contributed by atoms with Gasteiger partial charge in [0.1, 0.15) is 13.2 Å². The van der Waals surface area contributed by atoms with Gasteiger partial charge >= 0.3 is 0 Å². The number of rotatable bonds is 3. The van der Waals surface area contributed by atoms with E-state index in [-0.39, 0.29) is 17.9 Å². The van der Waals surface area contributed by atoms with Crippen LogP contribution in [0.5, 0.6) is 11.5 Å². The molecule has 0 aliphatic carbocycles. The summed E-state index contributed by atoms with van der Waals surface area (Å²) >= 11 is 0. The lowest BCUT2D eigenvalue weighted by molar-refractivity contribution is 0.0636. The van der Waals surface area contributed by atoms with E-state index in [9.17, 15) is 9.59 Å². The number of hydrogen-bond acceptors (Lipinski definition) is 4. The van der Waals surface area contributed by atoms with Gasteiger partial charge in [0, 0.05) is 18.2 Å². The third-order valence-corrected chi connectivity index (χ3v) is 5.27. The molecule has 1 atom stereocenters. The van der Waals surface area contributed by atoms with Gasteiger partial charge in [0.15, 0.2) is 11.5 Å². The molecule has 2 amide bonds. The van der Waals surface area contributed by atoms with Gasteiger partial charge in [0.05, 0.1) is 11.3 Å². The molecular weight excluding hydrogens is 356 g/mol. The van der Waals surface area contributed by atoms with Crippen LogP contribution in [0.1, 0.15) is 46.9 Å². The average molecular weight is 380 g/mol. The quantitative estimate of drug-likeness (QED) is 0.881. The van der Waals surface area contributed by atoms with Crippen molar-refractivity contribution >= 4 is 17.5 Å². The van der Waals surface area contributed by atoms with Crippen molar-refractivity contribution in [3.63, 3.8) is 0 Å². The number of piperidine rings is 1. The molecule has 0 spiro atoms. The Morgan fingerprint density at radius 3 is 2.64 bits per heavy atom. The summed E-state index contributed by atoms with van der Waals surface area (Å²) < 4.78 is 11.0. The average Bonchev–Trinajstić information content (AvgIpc) is 2.73. The Morgan fingerprint density at radius 1 is 1.04 bits per heavy atom. The Balaban J connectivity index is 1.55. The zero-order valence-corrected chi connectivity index (χ0v) is 15.9. The van der Waals surface area contributed by atoms with Gasteiger partial charge in [-0.3, -0.25) is 9.59 Å². The number of carbonyl (C=O) groups excluding carboxylic acids is 2. The van der Waals surface area contributed by atoms with E-state index in [1.165, 1.54) is 0 Å². The predicted molar refractivity (Wildman–Crippen MR) is 106 cm³/mol. The largest absolute Gasteiger partial charge is 0.486 e. The van der Waals surface area contributed by atoms with Gasteiger partial charge in [-0.2, -0.15) is 0 Å². The molecule has 146 valence electrons. The molecule has 4 rings (SSSR count). The second kappa shape index (κ2) is 7.92. The molecule has 0 saturated carbocycles. The van der Waals surface area contributed by atoms with Crippen LogP contribution in [-0.4, -0.2) is 42.5 Å². The van der Waals surface area contributed by atoms with Crippen molar-refractivity contribution in [3.05, 3.63) is 53.6 Å². The fourth-order valence-corrected chi connectivity index (χ4v) is 3.71. The molecule has 2 aliphatic rings. The second-order valence-corrected chi connectivity index (χ2v) is 7.20. The molecule has 0 bridgehead atoms. The van der Waals surface area contributed by atoms with Crippen LogP contribution >= 0.6 is 0 Å². The van der Waals surface area contributed by atoms with Gasteiger partial charge in [-0.15, -0.1) is 0 Å².